The van der Waals surface area contributed by atoms with Crippen LogP contribution in [0.5, 0.6) is 0 Å². The van der Waals surface area contributed by atoms with Crippen LogP contribution in [-0.2, 0) is 14.3 Å². The summed E-state index contributed by atoms with van der Waals surface area (Å²) < 4.78 is 5.77. The van der Waals surface area contributed by atoms with Crippen LogP contribution in [0.2, 0.25) is 0 Å². The fraction of sp³-hybridized carbons (Fsp3) is 0.862. The van der Waals surface area contributed by atoms with Crippen molar-refractivity contribution in [3.63, 3.8) is 0 Å². The number of ketones is 1. The maximum absolute atomic E-state index is 13.4. The Morgan fingerprint density at radius 2 is 1.78 bits per heavy atom. The topological polar surface area (TPSA) is 145 Å². The van der Waals surface area contributed by atoms with E-state index >= 15 is 0 Å². The summed E-state index contributed by atoms with van der Waals surface area (Å²) in [5.41, 5.74) is -3.28. The van der Waals surface area contributed by atoms with Crippen molar-refractivity contribution in [1.29, 1.82) is 0 Å². The molecular formula is C29H44O8. The first-order chi connectivity index (χ1) is 17.2. The highest BCUT2D eigenvalue weighted by Crippen LogP contribution is 2.68. The first kappa shape index (κ1) is 27.3. The molecule has 8 heteroatoms. The molecule has 4 fully saturated rings. The van der Waals surface area contributed by atoms with E-state index in [9.17, 15) is 35.1 Å². The van der Waals surface area contributed by atoms with Gasteiger partial charge in [0, 0.05) is 17.9 Å². The number of cyclic esters (lactones) is 1. The maximum Gasteiger partial charge on any atom is 0.309 e. The second-order valence-electron chi connectivity index (χ2n) is 13.5. The van der Waals surface area contributed by atoms with E-state index < -0.39 is 40.3 Å². The summed E-state index contributed by atoms with van der Waals surface area (Å²) in [7, 11) is 0. The van der Waals surface area contributed by atoms with Crippen LogP contribution in [0.1, 0.15) is 79.1 Å². The molecule has 1 saturated heterocycles. The fourth-order valence-electron chi connectivity index (χ4n) is 9.39. The zero-order valence-electron chi connectivity index (χ0n) is 22.5. The highest BCUT2D eigenvalue weighted by atomic mass is 16.6. The van der Waals surface area contributed by atoms with E-state index in [1.165, 1.54) is 0 Å². The van der Waals surface area contributed by atoms with Gasteiger partial charge in [-0.05, 0) is 93.1 Å². The first-order valence-electron chi connectivity index (χ1n) is 14.1. The Bertz CT molecular complexity index is 990. The number of ether oxygens (including phenoxy) is 1. The molecule has 5 aliphatic rings. The Balaban J connectivity index is 1.47. The summed E-state index contributed by atoms with van der Waals surface area (Å²) in [5.74, 6) is -1.75. The second kappa shape index (κ2) is 8.85. The van der Waals surface area contributed by atoms with Crippen molar-refractivity contribution in [3.05, 3.63) is 11.6 Å². The highest BCUT2D eigenvalue weighted by molar-refractivity contribution is 5.95. The molecule has 0 spiro atoms. The van der Waals surface area contributed by atoms with Gasteiger partial charge in [-0.25, -0.2) is 0 Å². The third-order valence-electron chi connectivity index (χ3n) is 11.8. The van der Waals surface area contributed by atoms with E-state index in [0.717, 1.165) is 0 Å². The van der Waals surface area contributed by atoms with Gasteiger partial charge in [-0.15, -0.1) is 0 Å². The lowest BCUT2D eigenvalue weighted by Gasteiger charge is -2.61. The van der Waals surface area contributed by atoms with Crippen LogP contribution < -0.4 is 0 Å². The fourth-order valence-corrected chi connectivity index (χ4v) is 9.39. The molecule has 0 amide bonds. The Morgan fingerprint density at radius 3 is 2.46 bits per heavy atom. The molecule has 3 saturated carbocycles. The normalized spacial score (nSPS) is 51.3. The first-order valence-corrected chi connectivity index (χ1v) is 14.1. The van der Waals surface area contributed by atoms with Crippen molar-refractivity contribution in [3.8, 4) is 0 Å². The molecule has 0 bridgehead atoms. The molecule has 208 valence electrons. The maximum atomic E-state index is 13.4. The molecule has 5 N–H and O–H groups in total. The van der Waals surface area contributed by atoms with Crippen LogP contribution in [0.15, 0.2) is 11.6 Å². The number of hydrogen-bond donors (Lipinski definition) is 5. The minimum atomic E-state index is -1.40. The Hall–Kier alpha value is -1.32. The molecule has 1 heterocycles. The lowest BCUT2D eigenvalue weighted by molar-refractivity contribution is -0.207. The highest BCUT2D eigenvalue weighted by Gasteiger charge is 2.69. The summed E-state index contributed by atoms with van der Waals surface area (Å²) in [6.45, 7) is 7.48. The van der Waals surface area contributed by atoms with E-state index in [1.54, 1.807) is 19.9 Å². The summed E-state index contributed by atoms with van der Waals surface area (Å²) in [6.07, 6.45) is 2.74. The van der Waals surface area contributed by atoms with Crippen molar-refractivity contribution < 1.29 is 39.9 Å². The number of carbonyl (C=O) groups is 2. The van der Waals surface area contributed by atoms with E-state index in [1.807, 2.05) is 13.8 Å². The van der Waals surface area contributed by atoms with Crippen molar-refractivity contribution in [2.45, 2.75) is 109 Å². The number of hydrogen-bond acceptors (Lipinski definition) is 8. The van der Waals surface area contributed by atoms with Crippen LogP contribution in [0.25, 0.3) is 0 Å². The standard InChI is InChI=1S/C29H44O8/c1-15-16(7-10-30)11-24(37-25(15)34)28(4,35)23-6-9-29(36)18-12-20(31)19-13-21(32)22(33)14-26(19,2)17(18)5-8-27(23,29)3/h12,15-17,19,21-24,30,32-33,35-36H,5-11,13-14H2,1-4H3. The van der Waals surface area contributed by atoms with Gasteiger partial charge in [0.05, 0.1) is 23.7 Å². The Labute approximate surface area is 219 Å². The van der Waals surface area contributed by atoms with Crippen LogP contribution in [0.4, 0.5) is 0 Å². The van der Waals surface area contributed by atoms with Crippen molar-refractivity contribution in [2.24, 2.45) is 40.4 Å². The van der Waals surface area contributed by atoms with Crippen LogP contribution in [-0.4, -0.2) is 73.4 Å². The summed E-state index contributed by atoms with van der Waals surface area (Å²) in [6, 6.07) is 0. The van der Waals surface area contributed by atoms with Gasteiger partial charge in [0.15, 0.2) is 5.78 Å². The molecule has 4 aliphatic carbocycles. The number of rotatable bonds is 4. The number of fused-ring (bicyclic) bond motifs is 5. The second-order valence-corrected chi connectivity index (χ2v) is 13.5. The lowest BCUT2D eigenvalue weighted by atomic mass is 9.45. The van der Waals surface area contributed by atoms with Crippen molar-refractivity contribution in [1.82, 2.24) is 0 Å². The minimum Gasteiger partial charge on any atom is -0.459 e. The SMILES string of the molecule is CC1C(=O)OC(C(C)(O)C2CCC3(O)C4=CC(=O)C5CC(O)C(O)CC5(C)C4CCC23C)CC1CCO. The largest absolute Gasteiger partial charge is 0.459 e. The van der Waals surface area contributed by atoms with Gasteiger partial charge < -0.3 is 30.3 Å². The lowest BCUT2D eigenvalue weighted by Crippen LogP contribution is -2.63. The molecule has 37 heavy (non-hydrogen) atoms. The zero-order valence-corrected chi connectivity index (χ0v) is 22.5. The van der Waals surface area contributed by atoms with Crippen LogP contribution in [0.3, 0.4) is 0 Å². The van der Waals surface area contributed by atoms with Crippen molar-refractivity contribution in [2.75, 3.05) is 6.61 Å². The predicted molar refractivity (Wildman–Crippen MR) is 134 cm³/mol. The van der Waals surface area contributed by atoms with E-state index in [2.05, 4.69) is 0 Å². The van der Waals surface area contributed by atoms with Gasteiger partial charge in [-0.2, -0.15) is 0 Å². The van der Waals surface area contributed by atoms with E-state index in [4.69, 9.17) is 4.74 Å². The summed E-state index contributed by atoms with van der Waals surface area (Å²) in [4.78, 5) is 26.0. The Morgan fingerprint density at radius 1 is 1.08 bits per heavy atom. The van der Waals surface area contributed by atoms with Crippen molar-refractivity contribution >= 4 is 11.8 Å². The average Bonchev–Trinajstić information content (AvgIpc) is 3.11. The summed E-state index contributed by atoms with van der Waals surface area (Å²) >= 11 is 0. The van der Waals surface area contributed by atoms with Crippen LogP contribution in [0, 0.1) is 40.4 Å². The molecule has 8 nitrogen and oxygen atoms in total. The van der Waals surface area contributed by atoms with Gasteiger partial charge in [0.25, 0.3) is 0 Å². The molecule has 0 aromatic heterocycles. The Kier molecular flexibility index (Phi) is 6.52. The van der Waals surface area contributed by atoms with Gasteiger partial charge in [-0.1, -0.05) is 20.8 Å². The summed E-state index contributed by atoms with van der Waals surface area (Å²) in [5, 5.41) is 54.7. The van der Waals surface area contributed by atoms with Gasteiger partial charge >= 0.3 is 5.97 Å². The van der Waals surface area contributed by atoms with Gasteiger partial charge in [0.2, 0.25) is 0 Å². The minimum absolute atomic E-state index is 0.0346. The molecule has 5 rings (SSSR count). The van der Waals surface area contributed by atoms with E-state index in [0.29, 0.717) is 50.5 Å². The number of carbonyl (C=O) groups excluding carboxylic acids is 2. The molecule has 12 unspecified atom stereocenters. The zero-order chi connectivity index (χ0) is 27.1. The molecule has 0 radical (unpaired) electrons. The quantitative estimate of drug-likeness (QED) is 0.354. The number of esters is 1. The molecule has 0 aromatic rings. The molecular weight excluding hydrogens is 476 g/mol. The molecule has 1 aliphatic heterocycles. The monoisotopic (exact) mass is 520 g/mol. The third kappa shape index (κ3) is 3.73. The number of aliphatic hydroxyl groups excluding tert-OH is 3. The van der Waals surface area contributed by atoms with E-state index in [-0.39, 0.29) is 54.4 Å². The van der Waals surface area contributed by atoms with Gasteiger partial charge in [-0.3, -0.25) is 9.59 Å². The molecule has 12 atom stereocenters. The molecule has 0 aromatic carbocycles. The number of allylic oxidation sites excluding steroid dienone is 1. The van der Waals surface area contributed by atoms with Crippen LogP contribution >= 0.6 is 0 Å². The smallest absolute Gasteiger partial charge is 0.309 e. The third-order valence-corrected chi connectivity index (χ3v) is 11.8. The number of aliphatic hydroxyl groups is 5. The average molecular weight is 521 g/mol. The predicted octanol–water partition coefficient (Wildman–Crippen LogP) is 1.89. The van der Waals surface area contributed by atoms with Gasteiger partial charge in [0.1, 0.15) is 11.7 Å².